The van der Waals surface area contributed by atoms with Gasteiger partial charge in [-0.1, -0.05) is 75.0 Å². The summed E-state index contributed by atoms with van der Waals surface area (Å²) in [5.74, 6) is 1.53. The molecule has 2 unspecified atom stereocenters. The summed E-state index contributed by atoms with van der Waals surface area (Å²) in [6.07, 6.45) is 1.77. The third kappa shape index (κ3) is 6.19. The summed E-state index contributed by atoms with van der Waals surface area (Å²) < 4.78 is 5.69. The van der Waals surface area contributed by atoms with Gasteiger partial charge in [0.1, 0.15) is 0 Å². The van der Waals surface area contributed by atoms with E-state index < -0.39 is 0 Å². The van der Waals surface area contributed by atoms with Gasteiger partial charge in [0.2, 0.25) is 11.8 Å². The van der Waals surface area contributed by atoms with Gasteiger partial charge in [0.25, 0.3) is 5.22 Å². The highest BCUT2D eigenvalue weighted by Gasteiger charge is 2.14. The van der Waals surface area contributed by atoms with Gasteiger partial charge in [-0.15, -0.1) is 10.2 Å². The summed E-state index contributed by atoms with van der Waals surface area (Å²) >= 11 is 1.25. The number of hydrogen-bond donors (Lipinski definition) is 1. The van der Waals surface area contributed by atoms with E-state index in [1.165, 1.54) is 22.9 Å². The van der Waals surface area contributed by atoms with E-state index >= 15 is 0 Å². The van der Waals surface area contributed by atoms with Crippen LogP contribution >= 0.6 is 11.8 Å². The quantitative estimate of drug-likeness (QED) is 0.462. The molecule has 0 spiro atoms. The van der Waals surface area contributed by atoms with E-state index in [0.717, 1.165) is 12.1 Å². The zero-order valence-corrected chi connectivity index (χ0v) is 17.9. The van der Waals surface area contributed by atoms with E-state index in [0.29, 0.717) is 23.5 Å². The van der Waals surface area contributed by atoms with Gasteiger partial charge in [0.15, 0.2) is 0 Å². The van der Waals surface area contributed by atoms with Gasteiger partial charge in [-0.25, -0.2) is 0 Å². The highest BCUT2D eigenvalue weighted by Crippen LogP contribution is 2.23. The van der Waals surface area contributed by atoms with Gasteiger partial charge in [0, 0.05) is 12.1 Å². The lowest BCUT2D eigenvalue weighted by molar-refractivity contribution is -0.113. The Bertz CT molecular complexity index is 909. The van der Waals surface area contributed by atoms with Crippen molar-refractivity contribution in [3.8, 4) is 0 Å². The molecule has 2 atom stereocenters. The van der Waals surface area contributed by atoms with Crippen molar-refractivity contribution in [2.45, 2.75) is 50.7 Å². The molecular formula is C23H27N3O2S. The zero-order chi connectivity index (χ0) is 20.6. The van der Waals surface area contributed by atoms with Crippen molar-refractivity contribution in [3.05, 3.63) is 71.6 Å². The van der Waals surface area contributed by atoms with Crippen LogP contribution in [0.5, 0.6) is 0 Å². The molecule has 5 nitrogen and oxygen atoms in total. The van der Waals surface area contributed by atoms with E-state index in [2.05, 4.69) is 60.6 Å². The number of thioether (sulfide) groups is 1. The number of nitrogens with zero attached hydrogens (tertiary/aromatic N) is 2. The van der Waals surface area contributed by atoms with Crippen LogP contribution in [0.1, 0.15) is 56.0 Å². The summed E-state index contributed by atoms with van der Waals surface area (Å²) in [6.45, 7) is 6.50. The maximum atomic E-state index is 12.2. The standard InChI is InChI=1S/C23H27N3O2S/c1-4-16(2)19-10-12-20(13-11-19)24-21(27)15-29-23-26-25-22(28-23)14-17(3)18-8-6-5-7-9-18/h5-13,16-17H,4,14-15H2,1-3H3,(H,24,27). The third-order valence-corrected chi connectivity index (χ3v) is 5.82. The van der Waals surface area contributed by atoms with Crippen molar-refractivity contribution < 1.29 is 9.21 Å². The number of hydrogen-bond acceptors (Lipinski definition) is 5. The molecule has 1 amide bonds. The first kappa shape index (κ1) is 21.1. The van der Waals surface area contributed by atoms with Crippen LogP contribution in [-0.2, 0) is 11.2 Å². The Morgan fingerprint density at radius 2 is 1.69 bits per heavy atom. The van der Waals surface area contributed by atoms with Crippen LogP contribution < -0.4 is 5.32 Å². The molecule has 0 aliphatic rings. The highest BCUT2D eigenvalue weighted by atomic mass is 32.2. The second-order valence-corrected chi connectivity index (χ2v) is 8.17. The lowest BCUT2D eigenvalue weighted by atomic mass is 9.98. The molecule has 3 rings (SSSR count). The largest absolute Gasteiger partial charge is 0.416 e. The maximum Gasteiger partial charge on any atom is 0.277 e. The van der Waals surface area contributed by atoms with Crippen molar-refractivity contribution in [2.75, 3.05) is 11.1 Å². The van der Waals surface area contributed by atoms with Crippen LogP contribution in [0.4, 0.5) is 5.69 Å². The first-order valence-electron chi connectivity index (χ1n) is 9.95. The van der Waals surface area contributed by atoms with Crippen LogP contribution in [0.25, 0.3) is 0 Å². The minimum atomic E-state index is -0.0938. The highest BCUT2D eigenvalue weighted by molar-refractivity contribution is 7.99. The Labute approximate surface area is 176 Å². The fourth-order valence-corrected chi connectivity index (χ4v) is 3.58. The van der Waals surface area contributed by atoms with Gasteiger partial charge in [-0.2, -0.15) is 0 Å². The predicted octanol–water partition coefficient (Wildman–Crippen LogP) is 5.66. The van der Waals surface area contributed by atoms with Crippen molar-refractivity contribution in [1.29, 1.82) is 0 Å². The Morgan fingerprint density at radius 3 is 2.38 bits per heavy atom. The molecular weight excluding hydrogens is 382 g/mol. The minimum Gasteiger partial charge on any atom is -0.416 e. The molecule has 152 valence electrons. The number of nitrogens with one attached hydrogen (secondary N) is 1. The van der Waals surface area contributed by atoms with Gasteiger partial charge in [-0.05, 0) is 41.5 Å². The van der Waals surface area contributed by atoms with Crippen LogP contribution in [-0.4, -0.2) is 21.9 Å². The molecule has 6 heteroatoms. The molecule has 2 aromatic carbocycles. The van der Waals surface area contributed by atoms with E-state index in [1.54, 1.807) is 0 Å². The van der Waals surface area contributed by atoms with E-state index in [9.17, 15) is 4.79 Å². The monoisotopic (exact) mass is 409 g/mol. The topological polar surface area (TPSA) is 68.0 Å². The van der Waals surface area contributed by atoms with E-state index in [-0.39, 0.29) is 17.6 Å². The van der Waals surface area contributed by atoms with Crippen LogP contribution in [0.2, 0.25) is 0 Å². The van der Waals surface area contributed by atoms with Crippen molar-refractivity contribution in [3.63, 3.8) is 0 Å². The molecule has 0 aliphatic carbocycles. The average molecular weight is 410 g/mol. The molecule has 0 fully saturated rings. The van der Waals surface area contributed by atoms with E-state index in [4.69, 9.17) is 4.42 Å². The number of rotatable bonds is 9. The normalized spacial score (nSPS) is 13.1. The molecule has 3 aromatic rings. The van der Waals surface area contributed by atoms with Crippen molar-refractivity contribution >= 4 is 23.4 Å². The second-order valence-electron chi connectivity index (χ2n) is 7.25. The number of benzene rings is 2. The Balaban J connectivity index is 1.47. The number of amides is 1. The Hall–Kier alpha value is -2.60. The molecule has 1 heterocycles. The Kier molecular flexibility index (Phi) is 7.47. The zero-order valence-electron chi connectivity index (χ0n) is 17.1. The summed E-state index contributed by atoms with van der Waals surface area (Å²) in [7, 11) is 0. The second kappa shape index (κ2) is 10.3. The summed E-state index contributed by atoms with van der Waals surface area (Å²) in [5, 5.41) is 11.5. The average Bonchev–Trinajstić information content (AvgIpc) is 3.20. The van der Waals surface area contributed by atoms with Crippen LogP contribution in [0.15, 0.2) is 64.2 Å². The molecule has 1 aromatic heterocycles. The van der Waals surface area contributed by atoms with Gasteiger partial charge < -0.3 is 9.73 Å². The SMILES string of the molecule is CCC(C)c1ccc(NC(=O)CSc2nnc(CC(C)c3ccccc3)o2)cc1. The lowest BCUT2D eigenvalue weighted by Crippen LogP contribution is -2.14. The number of carbonyl (C=O) groups is 1. The molecule has 29 heavy (non-hydrogen) atoms. The number of anilines is 1. The molecule has 0 aliphatic heterocycles. The van der Waals surface area contributed by atoms with Crippen LogP contribution in [0, 0.1) is 0 Å². The van der Waals surface area contributed by atoms with Crippen LogP contribution in [0.3, 0.4) is 0 Å². The van der Waals surface area contributed by atoms with Gasteiger partial charge >= 0.3 is 0 Å². The number of aromatic nitrogens is 2. The molecule has 0 saturated carbocycles. The van der Waals surface area contributed by atoms with Crippen molar-refractivity contribution in [2.24, 2.45) is 0 Å². The predicted molar refractivity (Wildman–Crippen MR) is 117 cm³/mol. The fourth-order valence-electron chi connectivity index (χ4n) is 3.00. The van der Waals surface area contributed by atoms with Crippen molar-refractivity contribution in [1.82, 2.24) is 10.2 Å². The van der Waals surface area contributed by atoms with Gasteiger partial charge in [0.05, 0.1) is 5.75 Å². The summed E-state index contributed by atoms with van der Waals surface area (Å²) in [4.78, 5) is 12.2. The summed E-state index contributed by atoms with van der Waals surface area (Å²) in [6, 6.07) is 18.3. The van der Waals surface area contributed by atoms with Gasteiger partial charge in [-0.3, -0.25) is 4.79 Å². The fraction of sp³-hybridized carbons (Fsp3) is 0.348. The first-order chi connectivity index (χ1) is 14.0. The summed E-state index contributed by atoms with van der Waals surface area (Å²) in [5.41, 5.74) is 3.31. The maximum absolute atomic E-state index is 12.2. The lowest BCUT2D eigenvalue weighted by Gasteiger charge is -2.10. The Morgan fingerprint density at radius 1 is 1.00 bits per heavy atom. The molecule has 0 bridgehead atoms. The molecule has 0 radical (unpaired) electrons. The van der Waals surface area contributed by atoms with E-state index in [1.807, 2.05) is 30.3 Å². The molecule has 0 saturated heterocycles. The first-order valence-corrected chi connectivity index (χ1v) is 10.9. The smallest absolute Gasteiger partial charge is 0.277 e. The third-order valence-electron chi connectivity index (χ3n) is 5.00. The number of carbonyl (C=O) groups excluding carboxylic acids is 1. The molecule has 1 N–H and O–H groups in total. The minimum absolute atomic E-state index is 0.0938.